The van der Waals surface area contributed by atoms with E-state index in [0.717, 1.165) is 30.1 Å². The molecule has 1 aliphatic heterocycles. The fourth-order valence-electron chi connectivity index (χ4n) is 11.3. The zero-order chi connectivity index (χ0) is 34.8. The van der Waals surface area contributed by atoms with E-state index in [1.807, 2.05) is 0 Å². The van der Waals surface area contributed by atoms with Gasteiger partial charge < -0.3 is 0 Å². The fraction of sp³-hybridized carbons (Fsp3) is 0.565. The number of hydrogen-bond donors (Lipinski definition) is 0. The minimum absolute atomic E-state index is 0.985. The molecule has 7 rings (SSSR count). The maximum atomic E-state index is 3.05. The zero-order valence-electron chi connectivity index (χ0n) is 32.3. The Kier molecular flexibility index (Phi) is 11.6. The van der Waals surface area contributed by atoms with Gasteiger partial charge in [0.2, 0.25) is 0 Å². The first-order chi connectivity index (χ1) is 24.3. The SMILES string of the molecule is Cc1cc(C)c(N2CCN(c3c(C)cc(C)cc3C)[C]2=[Ru](=[CH]/c2ccccc2)/[PH](C2CCCCC2)(C2CCCCC2)C2CCCCC2)c(C)c1. The summed E-state index contributed by atoms with van der Waals surface area (Å²) in [6.07, 6.45) is 22.3. The van der Waals surface area contributed by atoms with Crippen LogP contribution in [0.3, 0.4) is 0 Å². The van der Waals surface area contributed by atoms with Crippen molar-refractivity contribution in [2.45, 2.75) is 155 Å². The third kappa shape index (κ3) is 7.06. The second kappa shape index (κ2) is 16.0. The topological polar surface area (TPSA) is 6.48 Å². The van der Waals surface area contributed by atoms with Gasteiger partial charge in [-0.2, -0.15) is 0 Å². The molecule has 4 heteroatoms. The van der Waals surface area contributed by atoms with Gasteiger partial charge in [0.1, 0.15) is 0 Å². The van der Waals surface area contributed by atoms with Crippen molar-refractivity contribution in [2.24, 2.45) is 0 Å². The van der Waals surface area contributed by atoms with Gasteiger partial charge in [-0.25, -0.2) is 0 Å². The summed E-state index contributed by atoms with van der Waals surface area (Å²) in [6.45, 7) is 16.4. The van der Waals surface area contributed by atoms with Gasteiger partial charge in [-0.1, -0.05) is 0 Å². The van der Waals surface area contributed by atoms with E-state index < -0.39 is 20.2 Å². The first kappa shape index (κ1) is 36.4. The number of hydrogen-bond acceptors (Lipinski definition) is 2. The molecule has 0 amide bonds. The Balaban J connectivity index is 1.64. The van der Waals surface area contributed by atoms with Crippen LogP contribution in [0.4, 0.5) is 11.4 Å². The fourth-order valence-corrected chi connectivity index (χ4v) is 38.0. The van der Waals surface area contributed by atoms with E-state index in [1.165, 1.54) is 147 Å². The van der Waals surface area contributed by atoms with Crippen molar-refractivity contribution in [3.63, 3.8) is 0 Å². The molecule has 50 heavy (non-hydrogen) atoms. The summed E-state index contributed by atoms with van der Waals surface area (Å²) in [7, 11) is 0. The Labute approximate surface area is 310 Å². The van der Waals surface area contributed by atoms with Gasteiger partial charge >= 0.3 is 312 Å². The number of rotatable bonds is 7. The second-order valence-corrected chi connectivity index (χ2v) is 30.2. The quantitative estimate of drug-likeness (QED) is 0.174. The average Bonchev–Trinajstić information content (AvgIpc) is 3.52. The summed E-state index contributed by atoms with van der Waals surface area (Å²) < 4.78 is 4.85. The Morgan fingerprint density at radius 1 is 0.520 bits per heavy atom. The maximum absolute atomic E-state index is 3.05. The van der Waals surface area contributed by atoms with Crippen LogP contribution in [-0.2, 0) is 14.6 Å². The van der Waals surface area contributed by atoms with E-state index in [4.69, 9.17) is 0 Å². The molecule has 0 unspecified atom stereocenters. The number of benzene rings is 3. The third-order valence-electron chi connectivity index (χ3n) is 13.0. The summed E-state index contributed by atoms with van der Waals surface area (Å²) >= 11 is -1.84. The molecule has 3 aromatic rings. The zero-order valence-corrected chi connectivity index (χ0v) is 35.0. The molecule has 0 bridgehead atoms. The summed E-state index contributed by atoms with van der Waals surface area (Å²) in [5.74, 6) is 0. The Morgan fingerprint density at radius 2 is 0.880 bits per heavy atom. The van der Waals surface area contributed by atoms with Crippen molar-refractivity contribution in [3.05, 3.63) is 93.5 Å². The standard InChI is InChI=1S/C21H26N2.C18H33P.C7H6.Ru/c1-14-9-16(3)20(17(4)10-14)22-7-8-23(13-22)21-18(5)11-15(2)12-19(21)6;1-4-10-16(11-5-1)19(17-12-6-2-7-13-17)18-14-8-3-9-15-18;1-7-5-3-2-4-6-7;/h9-12H,7-8H2,1-6H3;16-18H,1-15H2;1-6H;/q;;;-1/p+1. The summed E-state index contributed by atoms with van der Waals surface area (Å²) in [5.41, 5.74) is 14.2. The van der Waals surface area contributed by atoms with E-state index in [0.29, 0.717) is 0 Å². The molecule has 0 aromatic heterocycles. The summed E-state index contributed by atoms with van der Waals surface area (Å²) in [6, 6.07) is 21.7. The molecule has 1 heterocycles. The van der Waals surface area contributed by atoms with Crippen molar-refractivity contribution in [1.29, 1.82) is 0 Å². The molecule has 0 spiro atoms. The molecule has 3 aromatic carbocycles. The van der Waals surface area contributed by atoms with Crippen molar-refractivity contribution >= 4 is 25.9 Å². The first-order valence-electron chi connectivity index (χ1n) is 20.4. The van der Waals surface area contributed by atoms with Crippen LogP contribution in [0.25, 0.3) is 0 Å². The van der Waals surface area contributed by atoms with Crippen LogP contribution in [0.2, 0.25) is 0 Å². The van der Waals surface area contributed by atoms with E-state index in [1.54, 1.807) is 4.35 Å². The number of anilines is 2. The van der Waals surface area contributed by atoms with E-state index in [9.17, 15) is 0 Å². The predicted octanol–water partition coefficient (Wildman–Crippen LogP) is 12.1. The molecule has 2 nitrogen and oxygen atoms in total. The van der Waals surface area contributed by atoms with Gasteiger partial charge in [0.05, 0.1) is 0 Å². The van der Waals surface area contributed by atoms with E-state index in [2.05, 4.69) is 111 Å². The van der Waals surface area contributed by atoms with Gasteiger partial charge in [0, 0.05) is 0 Å². The Morgan fingerprint density at radius 3 is 1.24 bits per heavy atom. The Bertz CT molecular complexity index is 1570. The molecule has 0 N–H and O–H groups in total. The monoisotopic (exact) mass is 779 g/mol. The molecule has 4 aliphatic rings. The number of aryl methyl sites for hydroxylation is 6. The van der Waals surface area contributed by atoms with Gasteiger partial charge in [-0.15, -0.1) is 0 Å². The van der Waals surface area contributed by atoms with Crippen LogP contribution in [0.5, 0.6) is 0 Å². The Hall–Kier alpha value is -1.95. The van der Waals surface area contributed by atoms with Crippen LogP contribution < -0.4 is 9.80 Å². The number of nitrogens with zero attached hydrogens (tertiary/aromatic N) is 2. The minimum atomic E-state index is -1.94. The second-order valence-electron chi connectivity index (χ2n) is 16.7. The van der Waals surface area contributed by atoms with Crippen molar-refractivity contribution in [3.8, 4) is 0 Å². The third-order valence-corrected chi connectivity index (χ3v) is 34.7. The first-order valence-corrected chi connectivity index (χ1v) is 27.0. The van der Waals surface area contributed by atoms with Gasteiger partial charge in [-0.3, -0.25) is 0 Å². The molecular weight excluding hydrogens is 713 g/mol. The van der Waals surface area contributed by atoms with Gasteiger partial charge in [0.25, 0.3) is 0 Å². The molecule has 273 valence electrons. The van der Waals surface area contributed by atoms with Crippen LogP contribution in [-0.4, -0.2) is 39.0 Å². The van der Waals surface area contributed by atoms with Crippen molar-refractivity contribution in [2.75, 3.05) is 22.9 Å². The van der Waals surface area contributed by atoms with Crippen molar-refractivity contribution in [1.82, 2.24) is 0 Å². The van der Waals surface area contributed by atoms with Gasteiger partial charge in [0.15, 0.2) is 0 Å². The van der Waals surface area contributed by atoms with Gasteiger partial charge in [-0.05, 0) is 0 Å². The molecule has 3 aliphatic carbocycles. The summed E-state index contributed by atoms with van der Waals surface area (Å²) in [5, 5.41) is 0. The van der Waals surface area contributed by atoms with Crippen LogP contribution >= 0.6 is 5.59 Å². The van der Waals surface area contributed by atoms with Crippen molar-refractivity contribution < 1.29 is 14.6 Å². The molecule has 0 atom stereocenters. The molecule has 0 radical (unpaired) electrons. The van der Waals surface area contributed by atoms with E-state index >= 15 is 0 Å². The molecule has 1 saturated heterocycles. The van der Waals surface area contributed by atoms with Crippen LogP contribution in [0, 0.1) is 41.5 Å². The molecular formula is C46H66N2PRu. The average molecular weight is 779 g/mol. The molecule has 4 fully saturated rings. The molecule has 3 saturated carbocycles. The van der Waals surface area contributed by atoms with Crippen LogP contribution in [0.1, 0.15) is 135 Å². The van der Waals surface area contributed by atoms with Crippen LogP contribution in [0.15, 0.2) is 54.6 Å². The summed E-state index contributed by atoms with van der Waals surface area (Å²) in [4.78, 5) is 5.94. The normalized spacial score (nSPS) is 21.3. The van der Waals surface area contributed by atoms with E-state index in [-0.39, 0.29) is 0 Å². The predicted molar refractivity (Wildman–Crippen MR) is 222 cm³/mol.